The lowest BCUT2D eigenvalue weighted by molar-refractivity contribution is -0.139. The molecule has 3 aromatic rings. The van der Waals surface area contributed by atoms with Crippen LogP contribution in [-0.4, -0.2) is 44.3 Å². The maximum absolute atomic E-state index is 13.9. The van der Waals surface area contributed by atoms with E-state index in [1.165, 1.54) is 4.90 Å². The average molecular weight is 522 g/mol. The summed E-state index contributed by atoms with van der Waals surface area (Å²) in [6.07, 6.45) is 0. The van der Waals surface area contributed by atoms with E-state index in [1.54, 1.807) is 37.3 Å². The highest BCUT2D eigenvalue weighted by molar-refractivity contribution is 7.92. The fourth-order valence-corrected chi connectivity index (χ4v) is 5.49. The molecular formula is C29H35N3O4S. The van der Waals surface area contributed by atoms with Crippen LogP contribution in [0, 0.1) is 20.8 Å². The van der Waals surface area contributed by atoms with Crippen LogP contribution in [0.15, 0.2) is 77.7 Å². The lowest BCUT2D eigenvalue weighted by Gasteiger charge is -2.32. The fourth-order valence-electron chi connectivity index (χ4n) is 4.02. The van der Waals surface area contributed by atoms with E-state index in [1.807, 2.05) is 70.2 Å². The Balaban J connectivity index is 2.06. The molecule has 0 bridgehead atoms. The summed E-state index contributed by atoms with van der Waals surface area (Å²) >= 11 is 0. The summed E-state index contributed by atoms with van der Waals surface area (Å²) in [7, 11) is -4.08. The number of hydrogen-bond donors (Lipinski definition) is 1. The number of benzene rings is 3. The van der Waals surface area contributed by atoms with Crippen LogP contribution in [0.4, 0.5) is 5.69 Å². The van der Waals surface area contributed by atoms with E-state index in [4.69, 9.17) is 0 Å². The molecule has 0 saturated heterocycles. The first-order valence-corrected chi connectivity index (χ1v) is 13.8. The van der Waals surface area contributed by atoms with Gasteiger partial charge >= 0.3 is 0 Å². The average Bonchev–Trinajstić information content (AvgIpc) is 2.87. The zero-order valence-corrected chi connectivity index (χ0v) is 22.9. The van der Waals surface area contributed by atoms with E-state index in [9.17, 15) is 18.0 Å². The van der Waals surface area contributed by atoms with Crippen molar-refractivity contribution in [2.24, 2.45) is 0 Å². The molecule has 7 nitrogen and oxygen atoms in total. The highest BCUT2D eigenvalue weighted by Crippen LogP contribution is 2.28. The number of likely N-dealkylation sites (N-methyl/N-ethyl adjacent to an activating group) is 1. The molecule has 8 heteroatoms. The number of anilines is 1. The van der Waals surface area contributed by atoms with Gasteiger partial charge in [-0.2, -0.15) is 0 Å². The molecule has 0 fully saturated rings. The highest BCUT2D eigenvalue weighted by atomic mass is 32.2. The molecule has 37 heavy (non-hydrogen) atoms. The lowest BCUT2D eigenvalue weighted by atomic mass is 10.1. The maximum atomic E-state index is 13.9. The number of rotatable bonds is 10. The molecule has 0 aromatic heterocycles. The van der Waals surface area contributed by atoms with Crippen molar-refractivity contribution in [3.63, 3.8) is 0 Å². The minimum absolute atomic E-state index is 0.0955. The van der Waals surface area contributed by atoms with E-state index in [2.05, 4.69) is 5.32 Å². The molecule has 0 aliphatic heterocycles. The van der Waals surface area contributed by atoms with Crippen LogP contribution in [-0.2, 0) is 26.2 Å². The zero-order chi connectivity index (χ0) is 27.2. The Hall–Kier alpha value is -3.65. The molecule has 0 aliphatic rings. The molecule has 196 valence electrons. The number of carbonyl (C=O) groups excluding carboxylic acids is 2. The third-order valence-electron chi connectivity index (χ3n) is 6.24. The van der Waals surface area contributed by atoms with E-state index < -0.39 is 28.5 Å². The Kier molecular flexibility index (Phi) is 9.10. The number of aryl methyl sites for hydroxylation is 3. The molecule has 3 rings (SSSR count). The third-order valence-corrected chi connectivity index (χ3v) is 8.01. The molecule has 0 aliphatic carbocycles. The van der Waals surface area contributed by atoms with Crippen molar-refractivity contribution in [3.05, 3.63) is 95.1 Å². The number of nitrogens with zero attached hydrogens (tertiary/aromatic N) is 2. The monoisotopic (exact) mass is 521 g/mol. The van der Waals surface area contributed by atoms with Gasteiger partial charge in [-0.05, 0) is 69.5 Å². The topological polar surface area (TPSA) is 86.8 Å². The van der Waals surface area contributed by atoms with Crippen molar-refractivity contribution >= 4 is 27.5 Å². The quantitative estimate of drug-likeness (QED) is 0.430. The number of nitrogens with one attached hydrogen (secondary N) is 1. The minimum atomic E-state index is -4.08. The summed E-state index contributed by atoms with van der Waals surface area (Å²) in [4.78, 5) is 28.1. The van der Waals surface area contributed by atoms with Gasteiger partial charge in [0.25, 0.3) is 10.0 Å². The van der Waals surface area contributed by atoms with Crippen LogP contribution in [0.3, 0.4) is 0 Å². The molecule has 1 atom stereocenters. The Labute approximate surface area is 220 Å². The van der Waals surface area contributed by atoms with Gasteiger partial charge in [0.2, 0.25) is 11.8 Å². The second-order valence-corrected chi connectivity index (χ2v) is 11.1. The van der Waals surface area contributed by atoms with Gasteiger partial charge in [0, 0.05) is 13.1 Å². The lowest BCUT2D eigenvalue weighted by Crippen LogP contribution is -2.51. The highest BCUT2D eigenvalue weighted by Gasteiger charge is 2.33. The van der Waals surface area contributed by atoms with Gasteiger partial charge in [0.05, 0.1) is 10.6 Å². The molecular weight excluding hydrogens is 486 g/mol. The van der Waals surface area contributed by atoms with E-state index >= 15 is 0 Å². The Morgan fingerprint density at radius 1 is 0.892 bits per heavy atom. The Morgan fingerprint density at radius 3 is 2.14 bits per heavy atom. The van der Waals surface area contributed by atoms with Crippen molar-refractivity contribution in [3.8, 4) is 0 Å². The second-order valence-electron chi connectivity index (χ2n) is 9.19. The Morgan fingerprint density at radius 2 is 1.51 bits per heavy atom. The molecule has 3 aromatic carbocycles. The van der Waals surface area contributed by atoms with Gasteiger partial charge in [0.15, 0.2) is 0 Å². The summed E-state index contributed by atoms with van der Waals surface area (Å²) in [5.74, 6) is -0.773. The summed E-state index contributed by atoms with van der Waals surface area (Å²) in [6, 6.07) is 20.6. The van der Waals surface area contributed by atoms with E-state index in [0.717, 1.165) is 26.6 Å². The van der Waals surface area contributed by atoms with Gasteiger partial charge in [-0.1, -0.05) is 60.2 Å². The van der Waals surface area contributed by atoms with Crippen LogP contribution < -0.4 is 9.62 Å². The summed E-state index contributed by atoms with van der Waals surface area (Å²) in [5.41, 5.74) is 3.79. The SMILES string of the molecule is CCNC(=O)C(C)N(Cc1ccccc1)C(=O)CN(c1cc(C)ccc1C)S(=O)(=O)c1ccc(C)cc1. The number of amides is 2. The normalized spacial score (nSPS) is 12.0. The summed E-state index contributed by atoms with van der Waals surface area (Å²) < 4.78 is 29.0. The Bertz CT molecular complexity index is 1340. The molecule has 1 N–H and O–H groups in total. The minimum Gasteiger partial charge on any atom is -0.355 e. The van der Waals surface area contributed by atoms with Crippen LogP contribution >= 0.6 is 0 Å². The van der Waals surface area contributed by atoms with Crippen molar-refractivity contribution in [2.75, 3.05) is 17.4 Å². The molecule has 0 saturated carbocycles. The van der Waals surface area contributed by atoms with Crippen molar-refractivity contribution in [1.29, 1.82) is 0 Å². The predicted molar refractivity (Wildman–Crippen MR) is 147 cm³/mol. The van der Waals surface area contributed by atoms with Gasteiger partial charge in [-0.3, -0.25) is 13.9 Å². The van der Waals surface area contributed by atoms with Crippen LogP contribution in [0.5, 0.6) is 0 Å². The van der Waals surface area contributed by atoms with E-state index in [0.29, 0.717) is 12.2 Å². The van der Waals surface area contributed by atoms with Crippen LogP contribution in [0.1, 0.15) is 36.1 Å². The van der Waals surface area contributed by atoms with Crippen molar-refractivity contribution < 1.29 is 18.0 Å². The molecule has 0 spiro atoms. The van der Waals surface area contributed by atoms with E-state index in [-0.39, 0.29) is 17.3 Å². The van der Waals surface area contributed by atoms with Crippen LogP contribution in [0.2, 0.25) is 0 Å². The molecule has 0 radical (unpaired) electrons. The number of carbonyl (C=O) groups is 2. The smallest absolute Gasteiger partial charge is 0.264 e. The third kappa shape index (κ3) is 6.77. The fraction of sp³-hybridized carbons (Fsp3) is 0.310. The summed E-state index contributed by atoms with van der Waals surface area (Å²) in [6.45, 7) is 9.18. The molecule has 2 amide bonds. The van der Waals surface area contributed by atoms with Gasteiger partial charge < -0.3 is 10.2 Å². The van der Waals surface area contributed by atoms with Gasteiger partial charge in [-0.25, -0.2) is 8.42 Å². The predicted octanol–water partition coefficient (Wildman–Crippen LogP) is 4.36. The zero-order valence-electron chi connectivity index (χ0n) is 22.1. The van der Waals surface area contributed by atoms with Gasteiger partial charge in [-0.15, -0.1) is 0 Å². The first kappa shape index (κ1) is 27.9. The van der Waals surface area contributed by atoms with Crippen molar-refractivity contribution in [1.82, 2.24) is 10.2 Å². The first-order valence-electron chi connectivity index (χ1n) is 12.3. The molecule has 0 heterocycles. The number of sulfonamides is 1. The van der Waals surface area contributed by atoms with Crippen LogP contribution in [0.25, 0.3) is 0 Å². The maximum Gasteiger partial charge on any atom is 0.264 e. The standard InChI is InChI=1S/C29H35N3O4S/c1-6-30-29(34)24(5)31(19-25-10-8-7-9-11-25)28(33)20-32(27-18-22(3)12-15-23(27)4)37(35,36)26-16-13-21(2)14-17-26/h7-18,24H,6,19-20H2,1-5H3,(H,30,34). The van der Waals surface area contributed by atoms with Gasteiger partial charge in [0.1, 0.15) is 12.6 Å². The largest absolute Gasteiger partial charge is 0.355 e. The van der Waals surface area contributed by atoms with Crippen molar-refractivity contribution in [2.45, 2.75) is 52.1 Å². The number of hydrogen-bond acceptors (Lipinski definition) is 4. The molecule has 1 unspecified atom stereocenters. The summed E-state index contributed by atoms with van der Waals surface area (Å²) in [5, 5.41) is 2.76. The second kappa shape index (κ2) is 12.1. The first-order chi connectivity index (χ1) is 17.5.